The highest BCUT2D eigenvalue weighted by molar-refractivity contribution is 6.21. The van der Waals surface area contributed by atoms with Crippen LogP contribution in [0.3, 0.4) is 0 Å². The summed E-state index contributed by atoms with van der Waals surface area (Å²) in [5, 5.41) is 2.20. The van der Waals surface area contributed by atoms with Crippen molar-refractivity contribution in [1.29, 1.82) is 0 Å². The van der Waals surface area contributed by atoms with E-state index in [1.54, 1.807) is 24.3 Å². The molecule has 1 aromatic carbocycles. The van der Waals surface area contributed by atoms with E-state index in [4.69, 9.17) is 4.74 Å². The van der Waals surface area contributed by atoms with E-state index in [-0.39, 0.29) is 23.5 Å². The molecule has 2 atom stereocenters. The first-order valence-corrected chi connectivity index (χ1v) is 10.5. The average molecular weight is 401 g/mol. The lowest BCUT2D eigenvalue weighted by Gasteiger charge is -2.36. The van der Waals surface area contributed by atoms with Gasteiger partial charge >= 0.3 is 6.09 Å². The van der Waals surface area contributed by atoms with Crippen LogP contribution in [0.1, 0.15) is 80.5 Å². The SMILES string of the molecule is C[C@@H]1CCC[C@]2(CCN(C(=O)OC(C)(C)C)C2)C1.O=C1NC(=O)c2ccccc21. The lowest BCUT2D eigenvalue weighted by Crippen LogP contribution is -2.38. The van der Waals surface area contributed by atoms with Crippen molar-refractivity contribution in [1.82, 2.24) is 10.2 Å². The maximum absolute atomic E-state index is 12.1. The van der Waals surface area contributed by atoms with Gasteiger partial charge < -0.3 is 9.64 Å². The molecule has 2 fully saturated rings. The van der Waals surface area contributed by atoms with Gasteiger partial charge in [-0.25, -0.2) is 4.79 Å². The summed E-state index contributed by atoms with van der Waals surface area (Å²) in [7, 11) is 0. The van der Waals surface area contributed by atoms with Gasteiger partial charge in [-0.05, 0) is 63.5 Å². The largest absolute Gasteiger partial charge is 0.444 e. The van der Waals surface area contributed by atoms with Crippen LogP contribution in [-0.4, -0.2) is 41.5 Å². The molecule has 3 amide bonds. The van der Waals surface area contributed by atoms with Gasteiger partial charge in [0.2, 0.25) is 0 Å². The summed E-state index contributed by atoms with van der Waals surface area (Å²) in [6.07, 6.45) is 6.29. The molecule has 1 N–H and O–H groups in total. The fourth-order valence-corrected chi connectivity index (χ4v) is 4.67. The first-order chi connectivity index (χ1) is 13.6. The van der Waals surface area contributed by atoms with Gasteiger partial charge in [-0.2, -0.15) is 0 Å². The molecule has 1 saturated heterocycles. The number of hydrogen-bond acceptors (Lipinski definition) is 4. The van der Waals surface area contributed by atoms with Gasteiger partial charge in [0.05, 0.1) is 11.1 Å². The van der Waals surface area contributed by atoms with E-state index < -0.39 is 0 Å². The van der Waals surface area contributed by atoms with Gasteiger partial charge in [-0.15, -0.1) is 0 Å². The van der Waals surface area contributed by atoms with Crippen LogP contribution >= 0.6 is 0 Å². The number of rotatable bonds is 0. The number of hydrogen-bond donors (Lipinski definition) is 1. The van der Waals surface area contributed by atoms with E-state index in [2.05, 4.69) is 12.2 Å². The molecule has 1 spiro atoms. The Morgan fingerprint density at radius 3 is 2.31 bits per heavy atom. The number of carbonyl (C=O) groups is 3. The second-order valence-corrected chi connectivity index (χ2v) is 9.68. The summed E-state index contributed by atoms with van der Waals surface area (Å²) < 4.78 is 5.47. The van der Waals surface area contributed by atoms with Gasteiger partial charge in [0, 0.05) is 13.1 Å². The van der Waals surface area contributed by atoms with Crippen LogP contribution in [-0.2, 0) is 4.74 Å². The molecule has 6 nitrogen and oxygen atoms in total. The molecule has 4 rings (SSSR count). The van der Waals surface area contributed by atoms with Crippen LogP contribution in [0.25, 0.3) is 0 Å². The lowest BCUT2D eigenvalue weighted by molar-refractivity contribution is 0.0254. The van der Waals surface area contributed by atoms with Crippen LogP contribution in [0.15, 0.2) is 24.3 Å². The van der Waals surface area contributed by atoms with Gasteiger partial charge in [0.1, 0.15) is 5.60 Å². The summed E-state index contributed by atoms with van der Waals surface area (Å²) in [5.41, 5.74) is 0.955. The number of fused-ring (bicyclic) bond motifs is 1. The Hall–Kier alpha value is -2.37. The minimum absolute atomic E-state index is 0.127. The predicted molar refractivity (Wildman–Crippen MR) is 111 cm³/mol. The highest BCUT2D eigenvalue weighted by Gasteiger charge is 2.43. The normalized spacial score (nSPS) is 25.9. The zero-order chi connectivity index (χ0) is 21.2. The predicted octanol–water partition coefficient (Wildman–Crippen LogP) is 4.39. The van der Waals surface area contributed by atoms with Crippen LogP contribution < -0.4 is 5.32 Å². The Morgan fingerprint density at radius 2 is 1.76 bits per heavy atom. The van der Waals surface area contributed by atoms with E-state index in [9.17, 15) is 14.4 Å². The Kier molecular flexibility index (Phi) is 6.01. The Labute approximate surface area is 173 Å². The van der Waals surface area contributed by atoms with Gasteiger partial charge in [0.15, 0.2) is 0 Å². The van der Waals surface area contributed by atoms with Crippen molar-refractivity contribution >= 4 is 17.9 Å². The standard InChI is InChI=1S/C15H27NO2.C8H5NO2/c1-12-6-5-7-15(10-12)8-9-16(11-15)13(17)18-14(2,3)4;10-7-5-3-1-2-4-6(5)8(11)9-7/h12H,5-11H2,1-4H3;1-4H,(H,9,10,11)/t12-,15+;/m1./s1. The van der Waals surface area contributed by atoms with Crippen LogP contribution in [0, 0.1) is 11.3 Å². The zero-order valence-electron chi connectivity index (χ0n) is 17.9. The zero-order valence-corrected chi connectivity index (χ0v) is 17.9. The third kappa shape index (κ3) is 5.17. The second kappa shape index (κ2) is 8.17. The van der Waals surface area contributed by atoms with E-state index in [1.807, 2.05) is 25.7 Å². The second-order valence-electron chi connectivity index (χ2n) is 9.68. The van der Waals surface area contributed by atoms with Crippen molar-refractivity contribution in [2.75, 3.05) is 13.1 Å². The first kappa shape index (κ1) is 21.3. The van der Waals surface area contributed by atoms with Crippen molar-refractivity contribution < 1.29 is 19.1 Å². The highest BCUT2D eigenvalue weighted by atomic mass is 16.6. The van der Waals surface area contributed by atoms with Crippen molar-refractivity contribution in [2.45, 2.75) is 65.4 Å². The molecule has 1 saturated carbocycles. The number of carbonyl (C=O) groups excluding carboxylic acids is 3. The molecular formula is C23H32N2O4. The third-order valence-corrected chi connectivity index (χ3v) is 5.92. The number of benzene rings is 1. The highest BCUT2D eigenvalue weighted by Crippen LogP contribution is 2.46. The minimum Gasteiger partial charge on any atom is -0.444 e. The molecule has 1 aromatic rings. The molecule has 29 heavy (non-hydrogen) atoms. The van der Waals surface area contributed by atoms with E-state index in [0.29, 0.717) is 16.5 Å². The minimum atomic E-state index is -0.382. The number of likely N-dealkylation sites (tertiary alicyclic amines) is 1. The maximum atomic E-state index is 12.1. The summed E-state index contributed by atoms with van der Waals surface area (Å²) in [6, 6.07) is 6.74. The Bertz CT molecular complexity index is 765. The number of nitrogens with zero attached hydrogens (tertiary/aromatic N) is 1. The van der Waals surface area contributed by atoms with E-state index >= 15 is 0 Å². The van der Waals surface area contributed by atoms with Gasteiger partial charge in [0.25, 0.3) is 11.8 Å². The third-order valence-electron chi connectivity index (χ3n) is 5.92. The molecular weight excluding hydrogens is 368 g/mol. The van der Waals surface area contributed by atoms with Gasteiger partial charge in [-0.1, -0.05) is 31.9 Å². The number of ether oxygens (including phenoxy) is 1. The Balaban J connectivity index is 0.000000186. The fourth-order valence-electron chi connectivity index (χ4n) is 4.67. The number of nitrogens with one attached hydrogen (secondary N) is 1. The molecule has 3 aliphatic rings. The van der Waals surface area contributed by atoms with Crippen molar-refractivity contribution in [2.24, 2.45) is 11.3 Å². The van der Waals surface area contributed by atoms with Crippen LogP contribution in [0.2, 0.25) is 0 Å². The monoisotopic (exact) mass is 400 g/mol. The number of imide groups is 1. The van der Waals surface area contributed by atoms with Crippen LogP contribution in [0.5, 0.6) is 0 Å². The van der Waals surface area contributed by atoms with Crippen molar-refractivity contribution in [3.05, 3.63) is 35.4 Å². The van der Waals surface area contributed by atoms with E-state index in [0.717, 1.165) is 25.4 Å². The first-order valence-electron chi connectivity index (χ1n) is 10.5. The molecule has 0 aromatic heterocycles. The summed E-state index contributed by atoms with van der Waals surface area (Å²) >= 11 is 0. The number of amides is 3. The van der Waals surface area contributed by atoms with Crippen LogP contribution in [0.4, 0.5) is 4.79 Å². The molecule has 6 heteroatoms. The smallest absolute Gasteiger partial charge is 0.410 e. The van der Waals surface area contributed by atoms with Gasteiger partial charge in [-0.3, -0.25) is 14.9 Å². The average Bonchev–Trinajstić information content (AvgIpc) is 3.16. The molecule has 2 aliphatic heterocycles. The molecule has 0 radical (unpaired) electrons. The fraction of sp³-hybridized carbons (Fsp3) is 0.609. The van der Waals surface area contributed by atoms with E-state index in [1.165, 1.54) is 25.7 Å². The summed E-state index contributed by atoms with van der Waals surface area (Å²) in [4.78, 5) is 35.9. The molecule has 158 valence electrons. The quantitative estimate of drug-likeness (QED) is 0.655. The Morgan fingerprint density at radius 1 is 1.14 bits per heavy atom. The molecule has 1 aliphatic carbocycles. The molecule has 0 bridgehead atoms. The molecule has 2 heterocycles. The lowest BCUT2D eigenvalue weighted by atomic mass is 9.70. The van der Waals surface area contributed by atoms with Crippen molar-refractivity contribution in [3.8, 4) is 0 Å². The maximum Gasteiger partial charge on any atom is 0.410 e. The summed E-state index contributed by atoms with van der Waals surface area (Å²) in [6.45, 7) is 9.92. The van der Waals surface area contributed by atoms with Crippen molar-refractivity contribution in [3.63, 3.8) is 0 Å². The topological polar surface area (TPSA) is 75.7 Å². The molecule has 0 unspecified atom stereocenters. The summed E-state index contributed by atoms with van der Waals surface area (Å²) in [5.74, 6) is 0.216.